The number of halogens is 1. The van der Waals surface area contributed by atoms with Crippen molar-refractivity contribution in [2.75, 3.05) is 0 Å². The average molecular weight is 398 g/mol. The molecule has 2 aromatic heterocycles. The van der Waals surface area contributed by atoms with Gasteiger partial charge in [0.05, 0.1) is 22.3 Å². The van der Waals surface area contributed by atoms with E-state index in [4.69, 9.17) is 21.1 Å². The summed E-state index contributed by atoms with van der Waals surface area (Å²) in [7, 11) is 0. The van der Waals surface area contributed by atoms with Crippen molar-refractivity contribution in [3.8, 4) is 5.69 Å². The number of para-hydroxylation sites is 1. The van der Waals surface area contributed by atoms with E-state index >= 15 is 0 Å². The third-order valence-corrected chi connectivity index (χ3v) is 5.54. The zero-order valence-electron chi connectivity index (χ0n) is 14.8. The molecule has 0 aliphatic heterocycles. The highest BCUT2D eigenvalue weighted by atomic mass is 35.5. The molecule has 0 saturated carbocycles. The molecule has 4 rings (SSSR count). The zero-order valence-corrected chi connectivity index (χ0v) is 16.3. The number of fused-ring (bicyclic) bond motifs is 1. The number of hydrogen-bond acceptors (Lipinski definition) is 5. The molecule has 0 radical (unpaired) electrons. The predicted octanol–water partition coefficient (Wildman–Crippen LogP) is 4.94. The van der Waals surface area contributed by atoms with E-state index in [9.17, 15) is 4.79 Å². The molecule has 5 nitrogen and oxygen atoms in total. The number of benzene rings is 2. The van der Waals surface area contributed by atoms with Gasteiger partial charge in [-0.05, 0) is 44.2 Å². The molecule has 136 valence electrons. The highest BCUT2D eigenvalue weighted by molar-refractivity contribution is 7.98. The Balaban J connectivity index is 1.87. The van der Waals surface area contributed by atoms with Gasteiger partial charge in [0, 0.05) is 16.3 Å². The highest BCUT2D eigenvalue weighted by Gasteiger charge is 2.16. The van der Waals surface area contributed by atoms with Crippen molar-refractivity contribution in [3.05, 3.63) is 80.9 Å². The van der Waals surface area contributed by atoms with Crippen molar-refractivity contribution in [1.82, 2.24) is 14.7 Å². The first kappa shape index (κ1) is 17.8. The van der Waals surface area contributed by atoms with E-state index < -0.39 is 0 Å². The lowest BCUT2D eigenvalue weighted by atomic mass is 10.2. The topological polar surface area (TPSA) is 60.9 Å². The van der Waals surface area contributed by atoms with Crippen LogP contribution in [0.3, 0.4) is 0 Å². The molecule has 0 bridgehead atoms. The van der Waals surface area contributed by atoms with E-state index in [1.165, 1.54) is 11.8 Å². The van der Waals surface area contributed by atoms with Crippen LogP contribution < -0.4 is 5.56 Å². The minimum absolute atomic E-state index is 0.121. The molecule has 2 aromatic carbocycles. The summed E-state index contributed by atoms with van der Waals surface area (Å²) < 4.78 is 6.85. The van der Waals surface area contributed by atoms with Gasteiger partial charge >= 0.3 is 0 Å². The third-order valence-electron chi connectivity index (χ3n) is 4.34. The Bertz CT molecular complexity index is 1180. The van der Waals surface area contributed by atoms with Crippen LogP contribution in [0, 0.1) is 13.8 Å². The molecule has 0 N–H and O–H groups in total. The second kappa shape index (κ2) is 7.21. The zero-order chi connectivity index (χ0) is 19.0. The lowest BCUT2D eigenvalue weighted by molar-refractivity contribution is 0.392. The van der Waals surface area contributed by atoms with E-state index in [0.29, 0.717) is 32.5 Å². The maximum absolute atomic E-state index is 13.2. The molecule has 0 unspecified atom stereocenters. The molecule has 27 heavy (non-hydrogen) atoms. The van der Waals surface area contributed by atoms with Crippen LogP contribution in [0.25, 0.3) is 16.6 Å². The lowest BCUT2D eigenvalue weighted by Gasteiger charge is -2.13. The summed E-state index contributed by atoms with van der Waals surface area (Å²) in [6.45, 7) is 3.79. The summed E-state index contributed by atoms with van der Waals surface area (Å²) in [6, 6.07) is 14.6. The monoisotopic (exact) mass is 397 g/mol. The lowest BCUT2D eigenvalue weighted by Crippen LogP contribution is -2.21. The molecule has 0 saturated heterocycles. The number of thioether (sulfide) groups is 1. The van der Waals surface area contributed by atoms with Gasteiger partial charge in [-0.2, -0.15) is 0 Å². The summed E-state index contributed by atoms with van der Waals surface area (Å²) in [5.41, 5.74) is 3.09. The molecule has 0 amide bonds. The van der Waals surface area contributed by atoms with Crippen molar-refractivity contribution in [3.63, 3.8) is 0 Å². The summed E-state index contributed by atoms with van der Waals surface area (Å²) in [5, 5.41) is 5.72. The van der Waals surface area contributed by atoms with Gasteiger partial charge in [-0.1, -0.05) is 46.7 Å². The summed E-state index contributed by atoms with van der Waals surface area (Å²) in [5.74, 6) is 1.38. The molecular formula is C20H16ClN3O2S. The Hall–Kier alpha value is -2.57. The molecule has 0 spiro atoms. The molecular weight excluding hydrogens is 382 g/mol. The normalized spacial score (nSPS) is 11.2. The van der Waals surface area contributed by atoms with Crippen LogP contribution in [-0.4, -0.2) is 14.7 Å². The predicted molar refractivity (Wildman–Crippen MR) is 108 cm³/mol. The van der Waals surface area contributed by atoms with Crippen molar-refractivity contribution in [2.45, 2.75) is 24.8 Å². The smallest absolute Gasteiger partial charge is 0.266 e. The first-order chi connectivity index (χ1) is 13.0. The van der Waals surface area contributed by atoms with Gasteiger partial charge in [-0.25, -0.2) is 4.98 Å². The molecule has 7 heteroatoms. The van der Waals surface area contributed by atoms with Crippen LogP contribution in [0.2, 0.25) is 5.02 Å². The van der Waals surface area contributed by atoms with Crippen LogP contribution in [-0.2, 0) is 5.75 Å². The quantitative estimate of drug-likeness (QED) is 0.360. The van der Waals surface area contributed by atoms with Crippen molar-refractivity contribution >= 4 is 34.3 Å². The minimum atomic E-state index is -0.121. The second-order valence-electron chi connectivity index (χ2n) is 6.12. The van der Waals surface area contributed by atoms with Crippen molar-refractivity contribution in [1.29, 1.82) is 0 Å². The van der Waals surface area contributed by atoms with E-state index in [1.807, 2.05) is 44.2 Å². The maximum Gasteiger partial charge on any atom is 0.266 e. The first-order valence-electron chi connectivity index (χ1n) is 8.37. The Labute approximate surface area is 165 Å². The molecule has 0 fully saturated rings. The molecule has 2 heterocycles. The summed E-state index contributed by atoms with van der Waals surface area (Å²) >= 11 is 7.63. The van der Waals surface area contributed by atoms with E-state index in [0.717, 1.165) is 17.0 Å². The number of nitrogens with zero attached hydrogens (tertiary/aromatic N) is 3. The van der Waals surface area contributed by atoms with Gasteiger partial charge in [0.2, 0.25) is 0 Å². The fourth-order valence-electron chi connectivity index (χ4n) is 2.90. The third kappa shape index (κ3) is 3.38. The van der Waals surface area contributed by atoms with Gasteiger partial charge in [-0.15, -0.1) is 0 Å². The maximum atomic E-state index is 13.2. The van der Waals surface area contributed by atoms with E-state index in [2.05, 4.69) is 5.16 Å². The number of hydrogen-bond donors (Lipinski definition) is 0. The Morgan fingerprint density at radius 2 is 1.96 bits per heavy atom. The second-order valence-corrected chi connectivity index (χ2v) is 7.50. The van der Waals surface area contributed by atoms with Gasteiger partial charge in [0.1, 0.15) is 5.76 Å². The largest absolute Gasteiger partial charge is 0.361 e. The Kier molecular flexibility index (Phi) is 4.76. The fourth-order valence-corrected chi connectivity index (χ4v) is 4.25. The SMILES string of the molecule is Cc1noc(C)c1CSc1nc2ccccc2c(=O)n1-c1cccc(Cl)c1. The van der Waals surface area contributed by atoms with Crippen LogP contribution in [0.5, 0.6) is 0 Å². The van der Waals surface area contributed by atoms with Gasteiger partial charge in [0.25, 0.3) is 5.56 Å². The minimum Gasteiger partial charge on any atom is -0.361 e. The standard InChI is InChI=1S/C20H16ClN3O2S/c1-12-17(13(2)26-23-12)11-27-20-22-18-9-4-3-8-16(18)19(25)24(20)15-7-5-6-14(21)10-15/h3-10H,11H2,1-2H3. The van der Waals surface area contributed by atoms with E-state index in [1.54, 1.807) is 22.8 Å². The van der Waals surface area contributed by atoms with Crippen molar-refractivity contribution in [2.24, 2.45) is 0 Å². The fraction of sp³-hybridized carbons (Fsp3) is 0.150. The van der Waals surface area contributed by atoms with E-state index in [-0.39, 0.29) is 5.56 Å². The molecule has 0 atom stereocenters. The molecule has 0 aliphatic carbocycles. The Morgan fingerprint density at radius 3 is 2.70 bits per heavy atom. The average Bonchev–Trinajstić information content (AvgIpc) is 2.98. The van der Waals surface area contributed by atoms with Crippen LogP contribution in [0.15, 0.2) is 63.0 Å². The first-order valence-corrected chi connectivity index (χ1v) is 9.73. The van der Waals surface area contributed by atoms with Gasteiger partial charge < -0.3 is 4.52 Å². The van der Waals surface area contributed by atoms with Gasteiger partial charge in [0.15, 0.2) is 5.16 Å². The molecule has 0 aliphatic rings. The summed E-state index contributed by atoms with van der Waals surface area (Å²) in [4.78, 5) is 17.9. The molecule has 4 aromatic rings. The Morgan fingerprint density at radius 1 is 1.15 bits per heavy atom. The number of aromatic nitrogens is 3. The van der Waals surface area contributed by atoms with Crippen molar-refractivity contribution < 1.29 is 4.52 Å². The van der Waals surface area contributed by atoms with Crippen LogP contribution in [0.1, 0.15) is 17.0 Å². The number of aryl methyl sites for hydroxylation is 2. The van der Waals surface area contributed by atoms with Crippen LogP contribution in [0.4, 0.5) is 0 Å². The number of rotatable bonds is 4. The highest BCUT2D eigenvalue weighted by Crippen LogP contribution is 2.27. The van der Waals surface area contributed by atoms with Gasteiger partial charge in [-0.3, -0.25) is 9.36 Å². The summed E-state index contributed by atoms with van der Waals surface area (Å²) in [6.07, 6.45) is 0. The van der Waals surface area contributed by atoms with Crippen LogP contribution >= 0.6 is 23.4 Å².